The van der Waals surface area contributed by atoms with Crippen molar-refractivity contribution >= 4 is 130 Å². The van der Waals surface area contributed by atoms with Gasteiger partial charge in [0, 0.05) is 110 Å². The lowest BCUT2D eigenvalue weighted by molar-refractivity contribution is -0.540. The highest BCUT2D eigenvalue weighted by Gasteiger charge is 2.40. The Kier molecular flexibility index (Phi) is 27.9. The second kappa shape index (κ2) is 33.2. The Labute approximate surface area is 547 Å². The van der Waals surface area contributed by atoms with Gasteiger partial charge in [0.2, 0.25) is 12.6 Å². The Bertz CT molecular complexity index is 3870. The molecule has 466 valence electrons. The van der Waals surface area contributed by atoms with E-state index in [4.69, 9.17) is 4.99 Å². The number of Topliss-reactive ketones (excluding diaryl/α,β-unsaturated/α-hetero) is 1. The molecule has 4 N–H and O–H groups in total. The third-order valence-electron chi connectivity index (χ3n) is 13.1. The number of nitrogens with zero attached hydrogens (tertiary/aromatic N) is 5. The molecule has 0 aliphatic carbocycles. The topological polar surface area (TPSA) is 308 Å². The van der Waals surface area contributed by atoms with E-state index in [9.17, 15) is 56.2 Å². The van der Waals surface area contributed by atoms with E-state index in [-0.39, 0.29) is 45.6 Å². The lowest BCUT2D eigenvalue weighted by atomic mass is 9.78. The Morgan fingerprint density at radius 1 is 0.701 bits per heavy atom. The van der Waals surface area contributed by atoms with E-state index in [0.29, 0.717) is 50.2 Å². The van der Waals surface area contributed by atoms with Crippen LogP contribution in [-0.2, 0) is 44.1 Å². The molecular weight excluding hydrogens is 1490 g/mol. The Balaban J connectivity index is 0.000000230. The van der Waals surface area contributed by atoms with Crippen molar-refractivity contribution in [2.45, 2.75) is 109 Å². The van der Waals surface area contributed by atoms with E-state index < -0.39 is 36.4 Å². The smallest absolute Gasteiger partial charge is 0.268 e. The number of halogens is 5. The minimum Gasteiger partial charge on any atom is -0.364 e. The molecule has 0 radical (unpaired) electrons. The van der Waals surface area contributed by atoms with E-state index in [1.165, 1.54) is 61.1 Å². The lowest BCUT2D eigenvalue weighted by Crippen LogP contribution is -2.39. The van der Waals surface area contributed by atoms with Crippen LogP contribution < -0.4 is 0 Å². The molecule has 0 bridgehead atoms. The van der Waals surface area contributed by atoms with E-state index in [0.717, 1.165) is 63.6 Å². The lowest BCUT2D eigenvalue weighted by Gasteiger charge is -2.26. The predicted octanol–water partition coefficient (Wildman–Crippen LogP) is 14.2. The van der Waals surface area contributed by atoms with Crippen LogP contribution in [0.2, 0.25) is 0 Å². The monoisotopic (exact) mass is 1550 g/mol. The molecule has 1 aliphatic rings. The van der Waals surface area contributed by atoms with Gasteiger partial charge in [-0.05, 0) is 186 Å². The largest absolute Gasteiger partial charge is 0.364 e. The highest BCUT2D eigenvalue weighted by molar-refractivity contribution is 9.11. The molecule has 9 rings (SSSR count). The van der Waals surface area contributed by atoms with Crippen LogP contribution in [0.3, 0.4) is 0 Å². The van der Waals surface area contributed by atoms with Crippen LogP contribution in [0.4, 0.5) is 0 Å². The molecule has 8 aromatic rings. The fourth-order valence-corrected chi connectivity index (χ4v) is 13.8. The number of aryl methyl sites for hydroxylation is 2. The molecule has 0 saturated heterocycles. The quantitative estimate of drug-likeness (QED) is 0.0354. The minimum atomic E-state index is -3.75. The Hall–Kier alpha value is -6.43. The first kappa shape index (κ1) is 73.0. The average Bonchev–Trinajstić information content (AvgIpc) is 2.41. The number of rotatable bonds is 18. The first-order chi connectivity index (χ1) is 40.7. The van der Waals surface area contributed by atoms with E-state index in [1.54, 1.807) is 81.0 Å². The summed E-state index contributed by atoms with van der Waals surface area (Å²) < 4.78 is 55.9. The number of nitrogens with one attached hydrogen (secondary N) is 4. The molecule has 0 amide bonds. The number of aromatic amines is 4. The van der Waals surface area contributed by atoms with Crippen molar-refractivity contribution in [3.05, 3.63) is 216 Å². The Morgan fingerprint density at radius 2 is 1.21 bits per heavy atom. The molecular formula is C59H66Br5N9O12S2. The number of hydrogen-bond acceptors (Lipinski definition) is 13. The zero-order chi connectivity index (χ0) is 65.0. The molecule has 2 unspecified atom stereocenters. The maximum Gasteiger partial charge on any atom is 0.268 e. The molecule has 87 heavy (non-hydrogen) atoms. The summed E-state index contributed by atoms with van der Waals surface area (Å²) in [6.07, 6.45) is 14.6. The summed E-state index contributed by atoms with van der Waals surface area (Å²) in [6.45, 7) is 15.1. The van der Waals surface area contributed by atoms with Gasteiger partial charge in [-0.3, -0.25) is 39.6 Å². The van der Waals surface area contributed by atoms with Gasteiger partial charge < -0.3 is 24.7 Å². The first-order valence-electron chi connectivity index (χ1n) is 26.4. The summed E-state index contributed by atoms with van der Waals surface area (Å²) in [5.41, 5.74) is 6.59. The van der Waals surface area contributed by atoms with Gasteiger partial charge in [-0.25, -0.2) is 24.8 Å². The molecule has 28 heteroatoms. The Morgan fingerprint density at radius 3 is 1.61 bits per heavy atom. The van der Waals surface area contributed by atoms with Crippen LogP contribution in [0.15, 0.2) is 165 Å². The van der Waals surface area contributed by atoms with Crippen LogP contribution in [0, 0.1) is 44.9 Å². The molecule has 1 aliphatic heterocycles. The van der Waals surface area contributed by atoms with Gasteiger partial charge in [0.05, 0.1) is 45.8 Å². The highest BCUT2D eigenvalue weighted by atomic mass is 79.9. The van der Waals surface area contributed by atoms with Gasteiger partial charge >= 0.3 is 0 Å². The molecule has 7 heterocycles. The van der Waals surface area contributed by atoms with Crippen molar-refractivity contribution in [3.63, 3.8) is 0 Å². The second-order valence-electron chi connectivity index (χ2n) is 21.3. The van der Waals surface area contributed by atoms with Gasteiger partial charge in [0.15, 0.2) is 18.9 Å². The summed E-state index contributed by atoms with van der Waals surface area (Å²) in [5, 5.41) is 21.7. The molecule has 0 saturated carbocycles. The van der Waals surface area contributed by atoms with Crippen molar-refractivity contribution in [3.8, 4) is 0 Å². The molecule has 2 aromatic carbocycles. The van der Waals surface area contributed by atoms with Crippen LogP contribution in [0.5, 0.6) is 0 Å². The van der Waals surface area contributed by atoms with E-state index >= 15 is 0 Å². The maximum absolute atomic E-state index is 12.6. The number of aldehydes is 3. The van der Waals surface area contributed by atoms with Crippen molar-refractivity contribution < 1.29 is 45.9 Å². The van der Waals surface area contributed by atoms with Gasteiger partial charge in [-0.2, -0.15) is 0 Å². The summed E-state index contributed by atoms with van der Waals surface area (Å²) in [6, 6.07) is 24.8. The van der Waals surface area contributed by atoms with E-state index in [1.807, 2.05) is 26.1 Å². The van der Waals surface area contributed by atoms with Crippen LogP contribution >= 0.6 is 79.6 Å². The average molecular weight is 1560 g/mol. The first-order valence-corrected chi connectivity index (χ1v) is 33.2. The molecule has 2 atom stereocenters. The number of carbonyl (C=O) groups excluding carboxylic acids is 4. The van der Waals surface area contributed by atoms with Gasteiger partial charge in [-0.1, -0.05) is 63.1 Å². The van der Waals surface area contributed by atoms with Gasteiger partial charge in [-0.15, -0.1) is 0 Å². The fraction of sp³-hybridized carbons (Fsp3) is 0.305. The number of carbonyl (C=O) groups is 4. The minimum absolute atomic E-state index is 0.0282. The third-order valence-corrected chi connectivity index (χ3v) is 18.7. The normalized spacial score (nSPS) is 13.6. The zero-order valence-corrected chi connectivity index (χ0v) is 58.2. The van der Waals surface area contributed by atoms with Crippen molar-refractivity contribution in [1.82, 2.24) is 27.9 Å². The molecule has 0 fully saturated rings. The van der Waals surface area contributed by atoms with Crippen molar-refractivity contribution in [2.75, 3.05) is 6.54 Å². The van der Waals surface area contributed by atoms with Crippen LogP contribution in [-0.4, -0.2) is 104 Å². The summed E-state index contributed by atoms with van der Waals surface area (Å²) in [4.78, 5) is 79.5. The van der Waals surface area contributed by atoms with Crippen molar-refractivity contribution in [1.29, 1.82) is 0 Å². The number of aromatic nitrogens is 6. The number of nitro groups is 2. The van der Waals surface area contributed by atoms with Crippen LogP contribution in [0.25, 0.3) is 0 Å². The number of H-pyrrole nitrogens is 4. The van der Waals surface area contributed by atoms with Crippen molar-refractivity contribution in [2.24, 2.45) is 15.8 Å². The molecule has 0 spiro atoms. The summed E-state index contributed by atoms with van der Waals surface area (Å²) in [5.74, 6) is -0.0282. The number of aliphatic imine (C=N–C) groups is 1. The summed E-state index contributed by atoms with van der Waals surface area (Å²) in [7, 11) is -7.47. The number of ketones is 1. The fourth-order valence-electron chi connectivity index (χ4n) is 8.76. The van der Waals surface area contributed by atoms with Gasteiger partial charge in [0.1, 0.15) is 5.78 Å². The second-order valence-corrected chi connectivity index (χ2v) is 29.5. The highest BCUT2D eigenvalue weighted by Crippen LogP contribution is 2.36. The SMILES string of the molecule is CC(=O)CC(C)(C)C(Cc1cc(Br)c[nH]1)[N+](=O)[O-].CC1=NC(Cc2cc(Br)c[nH]2)C(C)(C)C1.Cc1ccc(S(=O)(=O)n2cc(Br)cc2C=O)cc1.Cc1ccc(S(=O)(=O)n2cc(Br)cc2CC[N+](=O)[O-])cc1.O=Cc1cc(Br)c[nH]1.O=Cc1ccc[nH]1. The number of hydrogen-bond donors (Lipinski definition) is 4. The van der Waals surface area contributed by atoms with Gasteiger partial charge in [0.25, 0.3) is 20.0 Å². The third kappa shape index (κ3) is 22.9. The maximum atomic E-state index is 12.6. The zero-order valence-electron chi connectivity index (χ0n) is 48.6. The standard InChI is InChI=1S/C13H13BrN2O4S.C12H17BrN2O3.C12H17BrN2.C12H10BrNO3S.C5H4BrNO.C5H5NO/c1-10-2-4-13(5-3-10)21(19,20)15-9-11(14)8-12(15)6-7-16(17)18;1-8(16)6-12(2,3)11(15(17)18)5-10-4-9(13)7-14-10;1-8-6-12(2,3)11(15-8)5-10-4-9(13)7-14-10;1-9-2-4-12(5-3-9)18(16,17)14-7-10(13)6-11(14)8-15;6-4-1-5(3-8)7-2-4;7-4-5-2-1-3-6-5/h2-5,8-9H,6-7H2,1H3;4,7,11,14H,5-6H2,1-3H3;4,7,11,14H,5-6H2,1-3H3;2-8H,1H3;1-3,7H;1-4,6H. The molecule has 21 nitrogen and oxygen atoms in total. The summed E-state index contributed by atoms with van der Waals surface area (Å²) >= 11 is 16.3. The number of benzene rings is 2. The van der Waals surface area contributed by atoms with Crippen LogP contribution in [0.1, 0.15) is 114 Å². The predicted molar refractivity (Wildman–Crippen MR) is 352 cm³/mol. The van der Waals surface area contributed by atoms with E-state index in [2.05, 4.69) is 126 Å². The molecule has 6 aromatic heterocycles.